The molecule has 1 atom stereocenters. The van der Waals surface area contributed by atoms with E-state index in [1.165, 1.54) is 18.2 Å². The van der Waals surface area contributed by atoms with Gasteiger partial charge >= 0.3 is 0 Å². The van der Waals surface area contributed by atoms with E-state index in [2.05, 4.69) is 11.8 Å². The fraction of sp³-hybridized carbons (Fsp3) is 0.300. The molecular weight excluding hydrogens is 510 g/mol. The number of benzene rings is 3. The molecule has 0 radical (unpaired) electrons. The molecule has 2 heterocycles. The van der Waals surface area contributed by atoms with Gasteiger partial charge in [0, 0.05) is 86.4 Å². The van der Waals surface area contributed by atoms with Crippen molar-refractivity contribution in [3.05, 3.63) is 116 Å². The van der Waals surface area contributed by atoms with Crippen LogP contribution in [-0.4, -0.2) is 62.8 Å². The van der Waals surface area contributed by atoms with Gasteiger partial charge in [0.15, 0.2) is 0 Å². The Hall–Kier alpha value is -4.57. The van der Waals surface area contributed by atoms with Crippen molar-refractivity contribution in [3.8, 4) is 0 Å². The SMILES string of the molecule is CCN1CCN(C(=O)C[C@@H](c2cccc([N+](=O)[O-])c2)c2cn(Cc3ccccc3)c3ccc([N+](=O)[O-])cc23)CC1. The summed E-state index contributed by atoms with van der Waals surface area (Å²) in [5.74, 6) is -0.570. The third-order valence-corrected chi connectivity index (χ3v) is 7.71. The van der Waals surface area contributed by atoms with E-state index in [-0.39, 0.29) is 23.7 Å². The Balaban J connectivity index is 1.61. The maximum Gasteiger partial charge on any atom is 0.270 e. The van der Waals surface area contributed by atoms with Gasteiger partial charge in [-0.1, -0.05) is 49.4 Å². The van der Waals surface area contributed by atoms with E-state index in [1.54, 1.807) is 24.3 Å². The molecule has 0 bridgehead atoms. The molecule has 40 heavy (non-hydrogen) atoms. The number of carbonyl (C=O) groups is 1. The van der Waals surface area contributed by atoms with Crippen LogP contribution in [0.5, 0.6) is 0 Å². The third-order valence-electron chi connectivity index (χ3n) is 7.71. The van der Waals surface area contributed by atoms with Crippen LogP contribution in [0.25, 0.3) is 10.9 Å². The number of aromatic nitrogens is 1. The summed E-state index contributed by atoms with van der Waals surface area (Å²) < 4.78 is 2.03. The van der Waals surface area contributed by atoms with Gasteiger partial charge in [0.05, 0.1) is 9.85 Å². The van der Waals surface area contributed by atoms with Crippen molar-refractivity contribution in [3.63, 3.8) is 0 Å². The smallest absolute Gasteiger partial charge is 0.270 e. The topological polar surface area (TPSA) is 115 Å². The Morgan fingerprint density at radius 2 is 1.57 bits per heavy atom. The number of non-ortho nitro benzene ring substituents is 2. The molecule has 0 aliphatic carbocycles. The van der Waals surface area contributed by atoms with Gasteiger partial charge < -0.3 is 14.4 Å². The molecule has 0 saturated carbocycles. The van der Waals surface area contributed by atoms with E-state index in [0.717, 1.165) is 36.3 Å². The van der Waals surface area contributed by atoms with Crippen LogP contribution in [0.4, 0.5) is 11.4 Å². The molecule has 5 rings (SSSR count). The summed E-state index contributed by atoms with van der Waals surface area (Å²) in [6.45, 7) is 6.39. The van der Waals surface area contributed by atoms with E-state index < -0.39 is 15.8 Å². The van der Waals surface area contributed by atoms with Gasteiger partial charge in [-0.2, -0.15) is 0 Å². The monoisotopic (exact) mass is 541 g/mol. The van der Waals surface area contributed by atoms with Crippen molar-refractivity contribution < 1.29 is 14.6 Å². The molecule has 4 aromatic rings. The fourth-order valence-electron chi connectivity index (χ4n) is 5.49. The molecule has 10 nitrogen and oxygen atoms in total. The first-order valence-corrected chi connectivity index (χ1v) is 13.4. The van der Waals surface area contributed by atoms with Crippen LogP contribution in [-0.2, 0) is 11.3 Å². The number of carbonyl (C=O) groups excluding carboxylic acids is 1. The largest absolute Gasteiger partial charge is 0.343 e. The van der Waals surface area contributed by atoms with Crippen molar-refractivity contribution >= 4 is 28.2 Å². The number of hydrogen-bond donors (Lipinski definition) is 0. The van der Waals surface area contributed by atoms with Gasteiger partial charge in [0.2, 0.25) is 5.91 Å². The molecule has 0 spiro atoms. The number of hydrogen-bond acceptors (Lipinski definition) is 6. The Bertz CT molecular complexity index is 1540. The van der Waals surface area contributed by atoms with Crippen molar-refractivity contribution in [2.24, 2.45) is 0 Å². The average Bonchev–Trinajstić information content (AvgIpc) is 3.33. The Morgan fingerprint density at radius 1 is 0.875 bits per heavy atom. The fourth-order valence-corrected chi connectivity index (χ4v) is 5.49. The van der Waals surface area contributed by atoms with Crippen LogP contribution in [0.2, 0.25) is 0 Å². The minimum atomic E-state index is -0.530. The minimum Gasteiger partial charge on any atom is -0.343 e. The highest BCUT2D eigenvalue weighted by Gasteiger charge is 2.28. The van der Waals surface area contributed by atoms with E-state index in [0.29, 0.717) is 30.6 Å². The molecular formula is C30H31N5O5. The van der Waals surface area contributed by atoms with Gasteiger partial charge in [0.25, 0.3) is 11.4 Å². The first-order chi connectivity index (χ1) is 19.3. The first kappa shape index (κ1) is 27.0. The maximum absolute atomic E-state index is 13.6. The van der Waals surface area contributed by atoms with Crippen LogP contribution in [0.15, 0.2) is 79.0 Å². The number of amides is 1. The van der Waals surface area contributed by atoms with Crippen molar-refractivity contribution in [2.75, 3.05) is 32.7 Å². The highest BCUT2D eigenvalue weighted by molar-refractivity contribution is 5.88. The lowest BCUT2D eigenvalue weighted by Crippen LogP contribution is -2.48. The van der Waals surface area contributed by atoms with Gasteiger partial charge in [-0.25, -0.2) is 0 Å². The summed E-state index contributed by atoms with van der Waals surface area (Å²) in [4.78, 5) is 40.2. The van der Waals surface area contributed by atoms with Crippen LogP contribution in [0, 0.1) is 20.2 Å². The second kappa shape index (κ2) is 11.7. The molecule has 1 fully saturated rings. The lowest BCUT2D eigenvalue weighted by atomic mass is 9.87. The van der Waals surface area contributed by atoms with E-state index >= 15 is 0 Å². The molecule has 10 heteroatoms. The second-order valence-corrected chi connectivity index (χ2v) is 10.1. The standard InChI is InChI=1S/C30H31N5O5/c1-2-31-13-15-32(16-14-31)30(36)19-26(23-9-6-10-24(17-23)34(37)38)28-21-33(20-22-7-4-3-5-8-22)29-12-11-25(35(39)40)18-27(28)29/h3-12,17-18,21,26H,2,13-16,19-20H2,1H3/t26-/m0/s1. The first-order valence-electron chi connectivity index (χ1n) is 13.4. The predicted octanol–water partition coefficient (Wildman–Crippen LogP) is 5.19. The molecule has 1 saturated heterocycles. The van der Waals surface area contributed by atoms with E-state index in [4.69, 9.17) is 0 Å². The normalized spacial score (nSPS) is 14.8. The molecule has 1 amide bonds. The summed E-state index contributed by atoms with van der Waals surface area (Å²) in [5.41, 5.74) is 3.09. The van der Waals surface area contributed by atoms with Gasteiger partial charge in [0.1, 0.15) is 0 Å². The third kappa shape index (κ3) is 5.72. The number of nitrogens with zero attached hydrogens (tertiary/aromatic N) is 5. The molecule has 206 valence electrons. The highest BCUT2D eigenvalue weighted by Crippen LogP contribution is 2.38. The summed E-state index contributed by atoms with van der Waals surface area (Å²) in [7, 11) is 0. The lowest BCUT2D eigenvalue weighted by molar-refractivity contribution is -0.385. The zero-order chi connectivity index (χ0) is 28.2. The Kier molecular flexibility index (Phi) is 7.88. The zero-order valence-corrected chi connectivity index (χ0v) is 22.3. The quantitative estimate of drug-likeness (QED) is 0.213. The number of nitro groups is 2. The molecule has 1 aliphatic rings. The minimum absolute atomic E-state index is 0.0401. The van der Waals surface area contributed by atoms with Gasteiger partial charge in [-0.05, 0) is 29.3 Å². The summed E-state index contributed by atoms with van der Waals surface area (Å²) in [6, 6.07) is 21.0. The summed E-state index contributed by atoms with van der Waals surface area (Å²) >= 11 is 0. The predicted molar refractivity (Wildman–Crippen MR) is 152 cm³/mol. The van der Waals surface area contributed by atoms with Crippen LogP contribution >= 0.6 is 0 Å². The number of nitro benzene ring substituents is 2. The molecule has 0 N–H and O–H groups in total. The van der Waals surface area contributed by atoms with Crippen molar-refractivity contribution in [1.29, 1.82) is 0 Å². The zero-order valence-electron chi connectivity index (χ0n) is 22.3. The van der Waals surface area contributed by atoms with Crippen LogP contribution in [0.1, 0.15) is 36.0 Å². The van der Waals surface area contributed by atoms with Gasteiger partial charge in [-0.15, -0.1) is 0 Å². The molecule has 1 aromatic heterocycles. The maximum atomic E-state index is 13.6. The Labute approximate surface area is 231 Å². The lowest BCUT2D eigenvalue weighted by Gasteiger charge is -2.34. The number of likely N-dealkylation sites (N-methyl/N-ethyl adjacent to an activating group) is 1. The average molecular weight is 542 g/mol. The number of fused-ring (bicyclic) bond motifs is 1. The van der Waals surface area contributed by atoms with Crippen LogP contribution < -0.4 is 0 Å². The summed E-state index contributed by atoms with van der Waals surface area (Å²) in [5, 5.41) is 24.0. The Morgan fingerprint density at radius 3 is 2.25 bits per heavy atom. The summed E-state index contributed by atoms with van der Waals surface area (Å²) in [6.07, 6.45) is 2.04. The molecule has 0 unspecified atom stereocenters. The molecule has 1 aliphatic heterocycles. The van der Waals surface area contributed by atoms with Crippen molar-refractivity contribution in [1.82, 2.24) is 14.4 Å². The number of rotatable bonds is 9. The molecule has 3 aromatic carbocycles. The van der Waals surface area contributed by atoms with Crippen molar-refractivity contribution in [2.45, 2.75) is 25.8 Å². The second-order valence-electron chi connectivity index (χ2n) is 10.1. The van der Waals surface area contributed by atoms with Crippen LogP contribution in [0.3, 0.4) is 0 Å². The van der Waals surface area contributed by atoms with E-state index in [1.807, 2.05) is 46.0 Å². The highest BCUT2D eigenvalue weighted by atomic mass is 16.6. The number of piperazine rings is 1. The van der Waals surface area contributed by atoms with E-state index in [9.17, 15) is 25.0 Å². The van der Waals surface area contributed by atoms with Gasteiger partial charge in [-0.3, -0.25) is 25.0 Å².